The maximum absolute atomic E-state index is 12.3. The summed E-state index contributed by atoms with van der Waals surface area (Å²) in [6, 6.07) is 8.38. The summed E-state index contributed by atoms with van der Waals surface area (Å²) >= 11 is 0. The second-order valence-electron chi connectivity index (χ2n) is 6.26. The SMILES string of the molecule is CN(C[C@@H]1OCCc2ccccc21)C(=O)CC[C@@H]1CCCO1. The molecule has 2 atom stereocenters. The van der Waals surface area contributed by atoms with Crippen LogP contribution >= 0.6 is 0 Å². The molecule has 2 aliphatic heterocycles. The number of likely N-dealkylation sites (N-methyl/N-ethyl adjacent to an activating group) is 1. The third kappa shape index (κ3) is 3.68. The fraction of sp³-hybridized carbons (Fsp3) is 0.611. The molecule has 0 aromatic heterocycles. The number of hydrogen-bond donors (Lipinski definition) is 0. The van der Waals surface area contributed by atoms with Gasteiger partial charge in [0.15, 0.2) is 0 Å². The van der Waals surface area contributed by atoms with Gasteiger partial charge in [-0.15, -0.1) is 0 Å². The molecule has 22 heavy (non-hydrogen) atoms. The summed E-state index contributed by atoms with van der Waals surface area (Å²) in [5.74, 6) is 0.183. The quantitative estimate of drug-likeness (QED) is 0.839. The molecule has 3 rings (SSSR count). The first-order chi connectivity index (χ1) is 10.7. The molecule has 1 aromatic carbocycles. The third-order valence-corrected chi connectivity index (χ3v) is 4.66. The minimum absolute atomic E-state index is 0.00151. The van der Waals surface area contributed by atoms with Crippen LogP contribution in [0.1, 0.15) is 42.9 Å². The van der Waals surface area contributed by atoms with E-state index in [1.54, 1.807) is 0 Å². The Balaban J connectivity index is 1.53. The molecule has 0 aliphatic carbocycles. The van der Waals surface area contributed by atoms with Crippen LogP contribution in [0.2, 0.25) is 0 Å². The maximum atomic E-state index is 12.3. The lowest BCUT2D eigenvalue weighted by atomic mass is 9.97. The molecule has 1 fully saturated rings. The van der Waals surface area contributed by atoms with Crippen molar-refractivity contribution in [3.05, 3.63) is 35.4 Å². The number of amides is 1. The zero-order chi connectivity index (χ0) is 15.4. The summed E-state index contributed by atoms with van der Waals surface area (Å²) in [7, 11) is 1.87. The monoisotopic (exact) mass is 303 g/mol. The highest BCUT2D eigenvalue weighted by molar-refractivity contribution is 5.75. The molecular weight excluding hydrogens is 278 g/mol. The molecule has 1 aromatic rings. The molecule has 1 amide bonds. The van der Waals surface area contributed by atoms with E-state index in [9.17, 15) is 4.79 Å². The molecule has 4 nitrogen and oxygen atoms in total. The first kappa shape index (κ1) is 15.5. The molecular formula is C18H25NO3. The van der Waals surface area contributed by atoms with E-state index in [1.165, 1.54) is 11.1 Å². The normalized spacial score (nSPS) is 24.0. The third-order valence-electron chi connectivity index (χ3n) is 4.66. The molecule has 0 radical (unpaired) electrons. The van der Waals surface area contributed by atoms with Crippen LogP contribution in [0.5, 0.6) is 0 Å². The number of fused-ring (bicyclic) bond motifs is 1. The summed E-state index contributed by atoms with van der Waals surface area (Å²) in [5, 5.41) is 0. The maximum Gasteiger partial charge on any atom is 0.222 e. The molecule has 2 aliphatic rings. The van der Waals surface area contributed by atoms with E-state index in [4.69, 9.17) is 9.47 Å². The predicted molar refractivity (Wildman–Crippen MR) is 84.7 cm³/mol. The smallest absolute Gasteiger partial charge is 0.222 e. The van der Waals surface area contributed by atoms with Crippen molar-refractivity contribution < 1.29 is 14.3 Å². The van der Waals surface area contributed by atoms with E-state index in [2.05, 4.69) is 18.2 Å². The Morgan fingerprint density at radius 1 is 1.27 bits per heavy atom. The van der Waals surface area contributed by atoms with Crippen LogP contribution in [0.4, 0.5) is 0 Å². The topological polar surface area (TPSA) is 38.8 Å². The largest absolute Gasteiger partial charge is 0.378 e. The van der Waals surface area contributed by atoms with Crippen molar-refractivity contribution >= 4 is 5.91 Å². The van der Waals surface area contributed by atoms with Crippen LogP contribution in [0.3, 0.4) is 0 Å². The summed E-state index contributed by atoms with van der Waals surface area (Å²) in [6.45, 7) is 2.21. The Bertz CT molecular complexity index is 511. The van der Waals surface area contributed by atoms with Crippen molar-refractivity contribution in [2.45, 2.75) is 44.3 Å². The van der Waals surface area contributed by atoms with Crippen molar-refractivity contribution in [2.75, 3.05) is 26.8 Å². The van der Waals surface area contributed by atoms with Crippen LogP contribution in [0, 0.1) is 0 Å². The Labute approximate surface area is 132 Å². The van der Waals surface area contributed by atoms with E-state index < -0.39 is 0 Å². The number of hydrogen-bond acceptors (Lipinski definition) is 3. The Hall–Kier alpha value is -1.39. The zero-order valence-electron chi connectivity index (χ0n) is 13.3. The van der Waals surface area contributed by atoms with Gasteiger partial charge in [0, 0.05) is 20.1 Å². The van der Waals surface area contributed by atoms with Gasteiger partial charge in [-0.05, 0) is 36.8 Å². The average molecular weight is 303 g/mol. The standard InChI is InChI=1S/C18H25NO3/c1-19(18(20)9-8-15-6-4-11-21-15)13-17-16-7-3-2-5-14(16)10-12-22-17/h2-3,5,7,15,17H,4,6,8-13H2,1H3/t15-,17-/m0/s1. The molecule has 0 bridgehead atoms. The second kappa shape index (κ2) is 7.25. The Morgan fingerprint density at radius 3 is 2.95 bits per heavy atom. The average Bonchev–Trinajstić information content (AvgIpc) is 3.06. The minimum atomic E-state index is 0.00151. The first-order valence-electron chi connectivity index (χ1n) is 8.29. The molecule has 0 N–H and O–H groups in total. The first-order valence-corrected chi connectivity index (χ1v) is 8.29. The summed E-state index contributed by atoms with van der Waals surface area (Å²) in [4.78, 5) is 14.1. The van der Waals surface area contributed by atoms with E-state index in [-0.39, 0.29) is 18.1 Å². The molecule has 4 heteroatoms. The van der Waals surface area contributed by atoms with E-state index >= 15 is 0 Å². The van der Waals surface area contributed by atoms with Crippen molar-refractivity contribution in [2.24, 2.45) is 0 Å². The van der Waals surface area contributed by atoms with Crippen LogP contribution in [0.25, 0.3) is 0 Å². The Kier molecular flexibility index (Phi) is 5.11. The van der Waals surface area contributed by atoms with Crippen LogP contribution in [0.15, 0.2) is 24.3 Å². The van der Waals surface area contributed by atoms with E-state index in [1.807, 2.05) is 18.0 Å². The number of carbonyl (C=O) groups is 1. The molecule has 1 saturated heterocycles. The lowest BCUT2D eigenvalue weighted by Crippen LogP contribution is -2.34. The number of rotatable bonds is 5. The predicted octanol–water partition coefficient (Wildman–Crippen LogP) is 2.72. The number of benzene rings is 1. The molecule has 0 unspecified atom stereocenters. The lowest BCUT2D eigenvalue weighted by molar-refractivity contribution is -0.132. The van der Waals surface area contributed by atoms with Crippen LogP contribution < -0.4 is 0 Å². The van der Waals surface area contributed by atoms with Crippen molar-refractivity contribution in [1.82, 2.24) is 4.90 Å². The van der Waals surface area contributed by atoms with Gasteiger partial charge in [-0.3, -0.25) is 4.79 Å². The highest BCUT2D eigenvalue weighted by Crippen LogP contribution is 2.27. The highest BCUT2D eigenvalue weighted by atomic mass is 16.5. The number of ether oxygens (including phenoxy) is 2. The van der Waals surface area contributed by atoms with Crippen LogP contribution in [-0.4, -0.2) is 43.7 Å². The van der Waals surface area contributed by atoms with Gasteiger partial charge in [0.25, 0.3) is 0 Å². The molecule has 0 spiro atoms. The molecule has 120 valence electrons. The second-order valence-corrected chi connectivity index (χ2v) is 6.26. The summed E-state index contributed by atoms with van der Waals surface area (Å²) in [5.41, 5.74) is 2.58. The fourth-order valence-corrected chi connectivity index (χ4v) is 3.33. The van der Waals surface area contributed by atoms with Gasteiger partial charge >= 0.3 is 0 Å². The summed E-state index contributed by atoms with van der Waals surface area (Å²) < 4.78 is 11.5. The zero-order valence-corrected chi connectivity index (χ0v) is 13.3. The van der Waals surface area contributed by atoms with Gasteiger partial charge in [-0.1, -0.05) is 24.3 Å². The molecule has 0 saturated carbocycles. The summed E-state index contributed by atoms with van der Waals surface area (Å²) in [6.07, 6.45) is 4.87. The lowest BCUT2D eigenvalue weighted by Gasteiger charge is -2.30. The van der Waals surface area contributed by atoms with Crippen LogP contribution in [-0.2, 0) is 20.7 Å². The number of carbonyl (C=O) groups excluding carboxylic acids is 1. The van der Waals surface area contributed by atoms with Crippen molar-refractivity contribution in [3.8, 4) is 0 Å². The van der Waals surface area contributed by atoms with Gasteiger partial charge in [0.1, 0.15) is 6.10 Å². The van der Waals surface area contributed by atoms with E-state index in [0.717, 1.165) is 38.9 Å². The van der Waals surface area contributed by atoms with Gasteiger partial charge in [-0.2, -0.15) is 0 Å². The Morgan fingerprint density at radius 2 is 2.14 bits per heavy atom. The minimum Gasteiger partial charge on any atom is -0.378 e. The van der Waals surface area contributed by atoms with E-state index in [0.29, 0.717) is 13.0 Å². The van der Waals surface area contributed by atoms with Crippen molar-refractivity contribution in [1.29, 1.82) is 0 Å². The van der Waals surface area contributed by atoms with Gasteiger partial charge in [0.2, 0.25) is 5.91 Å². The highest BCUT2D eigenvalue weighted by Gasteiger charge is 2.24. The van der Waals surface area contributed by atoms with Gasteiger partial charge in [-0.25, -0.2) is 0 Å². The molecule has 2 heterocycles. The van der Waals surface area contributed by atoms with Gasteiger partial charge < -0.3 is 14.4 Å². The van der Waals surface area contributed by atoms with Crippen molar-refractivity contribution in [3.63, 3.8) is 0 Å². The fourth-order valence-electron chi connectivity index (χ4n) is 3.33. The number of nitrogens with zero attached hydrogens (tertiary/aromatic N) is 1. The van der Waals surface area contributed by atoms with Gasteiger partial charge in [0.05, 0.1) is 19.3 Å².